The Morgan fingerprint density at radius 3 is 2.95 bits per heavy atom. The van der Waals surface area contributed by atoms with Crippen molar-refractivity contribution >= 4 is 5.91 Å². The van der Waals surface area contributed by atoms with E-state index in [9.17, 15) is 4.79 Å². The molecule has 0 aliphatic carbocycles. The van der Waals surface area contributed by atoms with Gasteiger partial charge in [0.15, 0.2) is 0 Å². The highest BCUT2D eigenvalue weighted by Gasteiger charge is 2.52. The number of amides is 1. The van der Waals surface area contributed by atoms with Gasteiger partial charge in [0.2, 0.25) is 5.91 Å². The largest absolute Gasteiger partial charge is 0.492 e. The van der Waals surface area contributed by atoms with Gasteiger partial charge in [-0.3, -0.25) is 4.79 Å². The van der Waals surface area contributed by atoms with Gasteiger partial charge >= 0.3 is 0 Å². The van der Waals surface area contributed by atoms with Crippen LogP contribution in [0.5, 0.6) is 5.75 Å². The van der Waals surface area contributed by atoms with Crippen LogP contribution < -0.4 is 10.1 Å². The van der Waals surface area contributed by atoms with E-state index in [2.05, 4.69) is 24.1 Å². The molecule has 1 amide bonds. The van der Waals surface area contributed by atoms with E-state index in [1.54, 1.807) is 0 Å². The molecule has 1 N–H and O–H groups in total. The molecule has 112 valence electrons. The number of carbonyl (C=O) groups excluding carboxylic acids is 1. The summed E-state index contributed by atoms with van der Waals surface area (Å²) in [6.07, 6.45) is 0. The number of benzene rings is 1. The topological polar surface area (TPSA) is 41.6 Å². The van der Waals surface area contributed by atoms with Gasteiger partial charge in [-0.1, -0.05) is 18.2 Å². The van der Waals surface area contributed by atoms with Crippen LogP contribution in [0.3, 0.4) is 0 Å². The van der Waals surface area contributed by atoms with E-state index in [0.717, 1.165) is 30.9 Å². The summed E-state index contributed by atoms with van der Waals surface area (Å²) >= 11 is 0. The Labute approximate surface area is 125 Å². The molecule has 21 heavy (non-hydrogen) atoms. The molecule has 2 fully saturated rings. The van der Waals surface area contributed by atoms with E-state index in [0.29, 0.717) is 18.4 Å². The number of nitrogens with one attached hydrogen (secondary N) is 1. The molecular formula is C17H22N2O2. The molecule has 0 bridgehead atoms. The molecule has 4 rings (SSSR count). The van der Waals surface area contributed by atoms with Crippen LogP contribution in [0.25, 0.3) is 0 Å². The minimum absolute atomic E-state index is 0.0667. The van der Waals surface area contributed by atoms with Crippen molar-refractivity contribution in [2.45, 2.75) is 25.3 Å². The second-order valence-corrected chi connectivity index (χ2v) is 7.03. The lowest BCUT2D eigenvalue weighted by molar-refractivity contribution is -0.137. The van der Waals surface area contributed by atoms with Crippen LogP contribution in [0.1, 0.15) is 25.3 Å². The lowest BCUT2D eigenvalue weighted by atomic mass is 9.84. The SMILES string of the molecule is CC1(C)C2CNCC2CN1C(=O)C1COc2ccccc21. The van der Waals surface area contributed by atoms with Gasteiger partial charge in [-0.25, -0.2) is 0 Å². The second kappa shape index (κ2) is 4.47. The van der Waals surface area contributed by atoms with Crippen molar-refractivity contribution in [3.8, 4) is 5.75 Å². The Bertz CT molecular complexity index is 584. The van der Waals surface area contributed by atoms with Gasteiger partial charge in [0, 0.05) is 30.7 Å². The van der Waals surface area contributed by atoms with E-state index >= 15 is 0 Å². The van der Waals surface area contributed by atoms with Crippen LogP contribution in [-0.4, -0.2) is 42.6 Å². The predicted molar refractivity (Wildman–Crippen MR) is 80.3 cm³/mol. The fourth-order valence-corrected chi connectivity index (χ4v) is 4.35. The average Bonchev–Trinajstić information content (AvgIpc) is 3.14. The first-order valence-corrected chi connectivity index (χ1v) is 7.83. The van der Waals surface area contributed by atoms with Gasteiger partial charge in [0.25, 0.3) is 0 Å². The maximum Gasteiger partial charge on any atom is 0.234 e. The van der Waals surface area contributed by atoms with E-state index in [4.69, 9.17) is 4.74 Å². The molecular weight excluding hydrogens is 264 g/mol. The zero-order valence-corrected chi connectivity index (χ0v) is 12.6. The van der Waals surface area contributed by atoms with Gasteiger partial charge in [0.1, 0.15) is 18.3 Å². The molecule has 3 aliphatic rings. The Hall–Kier alpha value is -1.55. The molecule has 0 radical (unpaired) electrons. The lowest BCUT2D eigenvalue weighted by Crippen LogP contribution is -2.49. The smallest absolute Gasteiger partial charge is 0.234 e. The molecule has 1 aromatic carbocycles. The number of nitrogens with zero attached hydrogens (tertiary/aromatic N) is 1. The van der Waals surface area contributed by atoms with Gasteiger partial charge in [-0.2, -0.15) is 0 Å². The summed E-state index contributed by atoms with van der Waals surface area (Å²) in [5.41, 5.74) is 0.983. The third kappa shape index (κ3) is 1.81. The first kappa shape index (κ1) is 13.1. The second-order valence-electron chi connectivity index (χ2n) is 7.03. The molecule has 1 aromatic rings. The third-order valence-electron chi connectivity index (χ3n) is 5.62. The first-order valence-electron chi connectivity index (χ1n) is 7.83. The Morgan fingerprint density at radius 1 is 1.33 bits per heavy atom. The number of rotatable bonds is 1. The predicted octanol–water partition coefficient (Wildman–Crippen LogP) is 1.62. The van der Waals surface area contributed by atoms with Crippen molar-refractivity contribution in [1.82, 2.24) is 10.2 Å². The van der Waals surface area contributed by atoms with Crippen LogP contribution in [0.2, 0.25) is 0 Å². The van der Waals surface area contributed by atoms with Crippen LogP contribution >= 0.6 is 0 Å². The van der Waals surface area contributed by atoms with Gasteiger partial charge in [-0.05, 0) is 31.7 Å². The number of para-hydroxylation sites is 1. The quantitative estimate of drug-likeness (QED) is 0.853. The first-order chi connectivity index (χ1) is 10.1. The highest BCUT2D eigenvalue weighted by atomic mass is 16.5. The normalized spacial score (nSPS) is 32.7. The van der Waals surface area contributed by atoms with Crippen molar-refractivity contribution in [2.24, 2.45) is 11.8 Å². The fraction of sp³-hybridized carbons (Fsp3) is 0.588. The highest BCUT2D eigenvalue weighted by molar-refractivity contribution is 5.86. The Morgan fingerprint density at radius 2 is 2.14 bits per heavy atom. The highest BCUT2D eigenvalue weighted by Crippen LogP contribution is 2.43. The average molecular weight is 286 g/mol. The zero-order valence-electron chi connectivity index (χ0n) is 12.6. The summed E-state index contributed by atoms with van der Waals surface area (Å²) in [5.74, 6) is 2.14. The fourth-order valence-electron chi connectivity index (χ4n) is 4.35. The van der Waals surface area contributed by atoms with Crippen LogP contribution in [0.4, 0.5) is 0 Å². The number of hydrogen-bond acceptors (Lipinski definition) is 3. The maximum atomic E-state index is 13.1. The molecule has 0 saturated carbocycles. The standard InChI is InChI=1S/C17H22N2O2/c1-17(2)14-8-18-7-11(14)9-19(17)16(20)13-10-21-15-6-4-3-5-12(13)15/h3-6,11,13-14,18H,7-10H2,1-2H3. The molecule has 4 nitrogen and oxygen atoms in total. The van der Waals surface area contributed by atoms with Crippen molar-refractivity contribution in [3.63, 3.8) is 0 Å². The summed E-state index contributed by atoms with van der Waals surface area (Å²) in [5, 5.41) is 3.46. The number of carbonyl (C=O) groups is 1. The molecule has 3 atom stereocenters. The molecule has 3 heterocycles. The molecule has 3 unspecified atom stereocenters. The lowest BCUT2D eigenvalue weighted by Gasteiger charge is -2.37. The van der Waals surface area contributed by atoms with Crippen molar-refractivity contribution in [2.75, 3.05) is 26.2 Å². The molecule has 0 spiro atoms. The van der Waals surface area contributed by atoms with Crippen molar-refractivity contribution < 1.29 is 9.53 Å². The van der Waals surface area contributed by atoms with Gasteiger partial charge in [0.05, 0.1) is 0 Å². The minimum atomic E-state index is -0.132. The van der Waals surface area contributed by atoms with E-state index in [-0.39, 0.29) is 17.4 Å². The van der Waals surface area contributed by atoms with Crippen LogP contribution in [-0.2, 0) is 4.79 Å². The monoisotopic (exact) mass is 286 g/mol. The van der Waals surface area contributed by atoms with E-state index in [1.165, 1.54) is 0 Å². The number of likely N-dealkylation sites (tertiary alicyclic amines) is 1. The minimum Gasteiger partial charge on any atom is -0.492 e. The summed E-state index contributed by atoms with van der Waals surface area (Å²) in [6, 6.07) is 7.93. The molecule has 2 saturated heterocycles. The van der Waals surface area contributed by atoms with Crippen molar-refractivity contribution in [1.29, 1.82) is 0 Å². The molecule has 0 aromatic heterocycles. The van der Waals surface area contributed by atoms with Gasteiger partial charge in [-0.15, -0.1) is 0 Å². The van der Waals surface area contributed by atoms with Gasteiger partial charge < -0.3 is 15.0 Å². The Kier molecular flexibility index (Phi) is 2.80. The molecule has 3 aliphatic heterocycles. The summed E-state index contributed by atoms with van der Waals surface area (Å²) in [4.78, 5) is 15.2. The van der Waals surface area contributed by atoms with Crippen LogP contribution in [0, 0.1) is 11.8 Å². The van der Waals surface area contributed by atoms with Crippen molar-refractivity contribution in [3.05, 3.63) is 29.8 Å². The van der Waals surface area contributed by atoms with Crippen LogP contribution in [0.15, 0.2) is 24.3 Å². The number of hydrogen-bond donors (Lipinski definition) is 1. The maximum absolute atomic E-state index is 13.1. The summed E-state index contributed by atoms with van der Waals surface area (Å²) in [6.45, 7) is 7.85. The van der Waals surface area contributed by atoms with E-state index in [1.807, 2.05) is 24.3 Å². The summed E-state index contributed by atoms with van der Waals surface area (Å²) < 4.78 is 5.69. The summed E-state index contributed by atoms with van der Waals surface area (Å²) in [7, 11) is 0. The number of ether oxygens (including phenoxy) is 1. The zero-order chi connectivity index (χ0) is 14.6. The Balaban J connectivity index is 1.62. The number of fused-ring (bicyclic) bond motifs is 2. The molecule has 4 heteroatoms. The third-order valence-corrected chi connectivity index (χ3v) is 5.62. The van der Waals surface area contributed by atoms with E-state index < -0.39 is 0 Å².